The highest BCUT2D eigenvalue weighted by atomic mass is 16.3. The first-order chi connectivity index (χ1) is 9.15. The molecule has 0 aliphatic carbocycles. The van der Waals surface area contributed by atoms with Gasteiger partial charge in [0.15, 0.2) is 0 Å². The van der Waals surface area contributed by atoms with Crippen molar-refractivity contribution in [2.24, 2.45) is 12.1 Å². The highest BCUT2D eigenvalue weighted by Gasteiger charge is 2.04. The highest BCUT2D eigenvalue weighted by Crippen LogP contribution is 2.08. The molecule has 1 aromatic carbocycles. The van der Waals surface area contributed by atoms with E-state index in [9.17, 15) is 9.90 Å². The second kappa shape index (κ2) is 5.86. The van der Waals surface area contributed by atoms with Crippen LogP contribution in [-0.4, -0.2) is 21.8 Å². The van der Waals surface area contributed by atoms with Gasteiger partial charge in [0.1, 0.15) is 5.75 Å². The molecular weight excluding hydrogens is 242 g/mol. The number of hydrazone groups is 1. The quantitative estimate of drug-likeness (QED) is 0.642. The molecule has 1 amide bonds. The fourth-order valence-electron chi connectivity index (χ4n) is 1.67. The zero-order valence-electron chi connectivity index (χ0n) is 10.6. The molecule has 0 spiro atoms. The molecule has 0 saturated carbocycles. The molecule has 0 aliphatic heterocycles. The lowest BCUT2D eigenvalue weighted by molar-refractivity contribution is -0.120. The summed E-state index contributed by atoms with van der Waals surface area (Å²) >= 11 is 0. The zero-order chi connectivity index (χ0) is 13.7. The van der Waals surface area contributed by atoms with Crippen molar-refractivity contribution in [2.45, 2.75) is 6.42 Å². The van der Waals surface area contributed by atoms with Gasteiger partial charge in [-0.1, -0.05) is 12.1 Å². The van der Waals surface area contributed by atoms with Crippen LogP contribution >= 0.6 is 0 Å². The summed E-state index contributed by atoms with van der Waals surface area (Å²) in [5.74, 6) is -0.0164. The Morgan fingerprint density at radius 3 is 2.95 bits per heavy atom. The number of rotatable bonds is 4. The predicted molar refractivity (Wildman–Crippen MR) is 73.0 cm³/mol. The Bertz CT molecular complexity index is 602. The largest absolute Gasteiger partial charge is 0.508 e. The number of carbonyl (C=O) groups excluding carboxylic acids is 1. The van der Waals surface area contributed by atoms with Crippen molar-refractivity contribution < 1.29 is 9.90 Å². The third kappa shape index (κ3) is 3.70. The first kappa shape index (κ1) is 12.9. The molecule has 0 fully saturated rings. The summed E-state index contributed by atoms with van der Waals surface area (Å²) in [6.45, 7) is 0. The lowest BCUT2D eigenvalue weighted by Gasteiger charge is -2.02. The van der Waals surface area contributed by atoms with E-state index in [2.05, 4.69) is 10.5 Å². The van der Waals surface area contributed by atoms with Gasteiger partial charge in [0, 0.05) is 18.9 Å². The average Bonchev–Trinajstić information content (AvgIpc) is 2.75. The van der Waals surface area contributed by atoms with Gasteiger partial charge in [-0.25, -0.2) is 5.43 Å². The molecular formula is C14H15N3O2. The van der Waals surface area contributed by atoms with E-state index in [4.69, 9.17) is 0 Å². The number of aryl methyl sites for hydroxylation is 1. The van der Waals surface area contributed by atoms with Gasteiger partial charge in [-0.05, 0) is 29.8 Å². The van der Waals surface area contributed by atoms with Gasteiger partial charge in [-0.2, -0.15) is 5.10 Å². The van der Waals surface area contributed by atoms with E-state index >= 15 is 0 Å². The van der Waals surface area contributed by atoms with E-state index in [1.165, 1.54) is 6.21 Å². The molecule has 0 atom stereocenters. The van der Waals surface area contributed by atoms with Crippen LogP contribution in [0, 0.1) is 0 Å². The summed E-state index contributed by atoms with van der Waals surface area (Å²) in [4.78, 5) is 11.6. The van der Waals surface area contributed by atoms with Crippen LogP contribution < -0.4 is 5.43 Å². The number of aromatic nitrogens is 1. The van der Waals surface area contributed by atoms with Crippen LogP contribution in [0.1, 0.15) is 11.3 Å². The lowest BCUT2D eigenvalue weighted by atomic mass is 10.2. The average molecular weight is 257 g/mol. The van der Waals surface area contributed by atoms with Gasteiger partial charge in [0.25, 0.3) is 0 Å². The van der Waals surface area contributed by atoms with E-state index in [0.29, 0.717) is 0 Å². The predicted octanol–water partition coefficient (Wildman–Crippen LogP) is 1.42. The summed E-state index contributed by atoms with van der Waals surface area (Å²) in [6, 6.07) is 10.4. The van der Waals surface area contributed by atoms with Gasteiger partial charge < -0.3 is 9.67 Å². The maximum absolute atomic E-state index is 11.6. The molecule has 5 nitrogen and oxygen atoms in total. The number of amides is 1. The number of phenolic OH excluding ortho intramolecular Hbond substituents is 1. The van der Waals surface area contributed by atoms with Crippen LogP contribution in [-0.2, 0) is 18.3 Å². The number of hydrogen-bond acceptors (Lipinski definition) is 3. The van der Waals surface area contributed by atoms with Crippen molar-refractivity contribution in [3.05, 3.63) is 53.9 Å². The van der Waals surface area contributed by atoms with E-state index < -0.39 is 0 Å². The molecule has 2 rings (SSSR count). The molecule has 1 heterocycles. The smallest absolute Gasteiger partial charge is 0.245 e. The third-order valence-corrected chi connectivity index (χ3v) is 2.67. The number of hydrogen-bond donors (Lipinski definition) is 2. The standard InChI is InChI=1S/C14H15N3O2/c1-17-7-3-5-12(17)9-14(19)16-15-10-11-4-2-6-13(18)8-11/h2-8,10,18H,9H2,1H3,(H,16,19). The Hall–Kier alpha value is -2.56. The van der Waals surface area contributed by atoms with Gasteiger partial charge >= 0.3 is 0 Å². The first-order valence-corrected chi connectivity index (χ1v) is 5.86. The van der Waals surface area contributed by atoms with Crippen LogP contribution in [0.2, 0.25) is 0 Å². The van der Waals surface area contributed by atoms with E-state index in [1.807, 2.05) is 29.9 Å². The van der Waals surface area contributed by atoms with Crippen molar-refractivity contribution in [2.75, 3.05) is 0 Å². The SMILES string of the molecule is Cn1cccc1CC(=O)NN=Cc1cccc(O)c1. The van der Waals surface area contributed by atoms with Gasteiger partial charge in [-0.3, -0.25) is 4.79 Å². The molecule has 0 unspecified atom stereocenters. The van der Waals surface area contributed by atoms with Gasteiger partial charge in [0.05, 0.1) is 12.6 Å². The van der Waals surface area contributed by atoms with Crippen molar-refractivity contribution >= 4 is 12.1 Å². The Labute approximate surface area is 111 Å². The van der Waals surface area contributed by atoms with Crippen LogP contribution in [0.4, 0.5) is 0 Å². The van der Waals surface area contributed by atoms with Gasteiger partial charge in [0.2, 0.25) is 5.91 Å². The van der Waals surface area contributed by atoms with Gasteiger partial charge in [-0.15, -0.1) is 0 Å². The molecule has 5 heteroatoms. The minimum atomic E-state index is -0.182. The fraction of sp³-hybridized carbons (Fsp3) is 0.143. The number of phenols is 1. The van der Waals surface area contributed by atoms with E-state index in [1.54, 1.807) is 24.3 Å². The number of benzene rings is 1. The van der Waals surface area contributed by atoms with Crippen molar-refractivity contribution in [1.29, 1.82) is 0 Å². The number of aromatic hydroxyl groups is 1. The van der Waals surface area contributed by atoms with Crippen LogP contribution in [0.15, 0.2) is 47.7 Å². The Morgan fingerprint density at radius 2 is 2.26 bits per heavy atom. The summed E-state index contributed by atoms with van der Waals surface area (Å²) in [6.07, 6.45) is 3.65. The number of nitrogens with one attached hydrogen (secondary N) is 1. The molecule has 0 bridgehead atoms. The maximum Gasteiger partial charge on any atom is 0.245 e. The summed E-state index contributed by atoms with van der Waals surface area (Å²) in [5.41, 5.74) is 4.09. The number of nitrogens with zero attached hydrogens (tertiary/aromatic N) is 2. The molecule has 0 saturated heterocycles. The fourth-order valence-corrected chi connectivity index (χ4v) is 1.67. The van der Waals surface area contributed by atoms with E-state index in [0.717, 1.165) is 11.3 Å². The molecule has 2 aromatic rings. The third-order valence-electron chi connectivity index (χ3n) is 2.67. The second-order valence-corrected chi connectivity index (χ2v) is 4.18. The molecule has 2 N–H and O–H groups in total. The molecule has 98 valence electrons. The summed E-state index contributed by atoms with van der Waals surface area (Å²) in [7, 11) is 1.89. The number of carbonyl (C=O) groups is 1. The molecule has 0 aliphatic rings. The Morgan fingerprint density at radius 1 is 1.42 bits per heavy atom. The van der Waals surface area contributed by atoms with Crippen LogP contribution in [0.25, 0.3) is 0 Å². The Kier molecular flexibility index (Phi) is 3.97. The van der Waals surface area contributed by atoms with Crippen LogP contribution in [0.3, 0.4) is 0 Å². The summed E-state index contributed by atoms with van der Waals surface area (Å²) < 4.78 is 1.89. The Balaban J connectivity index is 1.88. The maximum atomic E-state index is 11.6. The molecule has 19 heavy (non-hydrogen) atoms. The topological polar surface area (TPSA) is 66.6 Å². The minimum Gasteiger partial charge on any atom is -0.508 e. The van der Waals surface area contributed by atoms with Crippen molar-refractivity contribution in [3.8, 4) is 5.75 Å². The normalized spacial score (nSPS) is 10.8. The lowest BCUT2D eigenvalue weighted by Crippen LogP contribution is -2.20. The van der Waals surface area contributed by atoms with E-state index in [-0.39, 0.29) is 18.1 Å². The minimum absolute atomic E-state index is 0.166. The second-order valence-electron chi connectivity index (χ2n) is 4.18. The van der Waals surface area contributed by atoms with Crippen molar-refractivity contribution in [1.82, 2.24) is 9.99 Å². The zero-order valence-corrected chi connectivity index (χ0v) is 10.6. The molecule has 0 radical (unpaired) electrons. The summed E-state index contributed by atoms with van der Waals surface area (Å²) in [5, 5.41) is 13.1. The monoisotopic (exact) mass is 257 g/mol. The highest BCUT2D eigenvalue weighted by molar-refractivity contribution is 5.83. The van der Waals surface area contributed by atoms with Crippen molar-refractivity contribution in [3.63, 3.8) is 0 Å². The molecule has 1 aromatic heterocycles. The van der Waals surface area contributed by atoms with Crippen LogP contribution in [0.5, 0.6) is 5.75 Å². The first-order valence-electron chi connectivity index (χ1n) is 5.86.